The van der Waals surface area contributed by atoms with Gasteiger partial charge in [-0.15, -0.1) is 36.2 Å². The lowest BCUT2D eigenvalue weighted by Crippen LogP contribution is -2.44. The molecule has 0 aromatic carbocycles. The Kier molecular flexibility index (Phi) is 9.51. The number of hydrogen-bond donors (Lipinski definition) is 2. The van der Waals surface area contributed by atoms with Gasteiger partial charge in [0, 0.05) is 17.8 Å². The molecule has 0 unspecified atom stereocenters. The minimum atomic E-state index is -0.149. The van der Waals surface area contributed by atoms with Crippen molar-refractivity contribution in [3.8, 4) is 0 Å². The predicted octanol–water partition coefficient (Wildman–Crippen LogP) is 3.35. The average Bonchev–Trinajstić information content (AvgIpc) is 3.32. The first-order valence-electron chi connectivity index (χ1n) is 10.3. The zero-order valence-corrected chi connectivity index (χ0v) is 18.9. The van der Waals surface area contributed by atoms with E-state index in [9.17, 15) is 4.79 Å². The number of nitrogens with zero attached hydrogens (tertiary/aromatic N) is 1. The number of ether oxygens (including phenoxy) is 1. The van der Waals surface area contributed by atoms with Crippen LogP contribution in [0, 0.1) is 0 Å². The van der Waals surface area contributed by atoms with E-state index in [1.165, 1.54) is 49.3 Å². The summed E-state index contributed by atoms with van der Waals surface area (Å²) in [4.78, 5) is 17.3. The van der Waals surface area contributed by atoms with Gasteiger partial charge in [0.15, 0.2) is 0 Å². The minimum absolute atomic E-state index is 0. The van der Waals surface area contributed by atoms with Crippen LogP contribution >= 0.6 is 36.2 Å². The Balaban J connectivity index is 0.00000140. The lowest BCUT2D eigenvalue weighted by atomic mass is 9.83. The molecule has 3 aliphatic heterocycles. The monoisotopic (exact) mass is 449 g/mol. The Morgan fingerprint density at radius 2 is 1.96 bits per heavy atom. The van der Waals surface area contributed by atoms with Gasteiger partial charge in [-0.2, -0.15) is 0 Å². The third-order valence-electron chi connectivity index (χ3n) is 6.03. The van der Waals surface area contributed by atoms with E-state index < -0.39 is 0 Å². The molecule has 0 aliphatic carbocycles. The van der Waals surface area contributed by atoms with E-state index in [0.717, 1.165) is 56.8 Å². The smallest absolute Gasteiger partial charge is 0.261 e. The number of fused-ring (bicyclic) bond motifs is 2. The van der Waals surface area contributed by atoms with Gasteiger partial charge >= 0.3 is 0 Å². The molecule has 1 aromatic rings. The third kappa shape index (κ3) is 5.41. The molecule has 0 atom stereocenters. The number of nitrogens with one attached hydrogen (secondary N) is 2. The van der Waals surface area contributed by atoms with E-state index in [4.69, 9.17) is 4.74 Å². The van der Waals surface area contributed by atoms with Crippen LogP contribution in [0.3, 0.4) is 0 Å². The second-order valence-electron chi connectivity index (χ2n) is 7.80. The van der Waals surface area contributed by atoms with Gasteiger partial charge in [0.1, 0.15) is 0 Å². The Bertz CT molecular complexity index is 629. The van der Waals surface area contributed by atoms with Crippen molar-refractivity contribution in [2.24, 2.45) is 0 Å². The molecule has 1 amide bonds. The van der Waals surface area contributed by atoms with E-state index in [1.807, 2.05) is 0 Å². The number of amides is 1. The Morgan fingerprint density at radius 1 is 1.21 bits per heavy atom. The van der Waals surface area contributed by atoms with Crippen molar-refractivity contribution in [3.63, 3.8) is 0 Å². The van der Waals surface area contributed by atoms with Crippen molar-refractivity contribution >= 4 is 42.1 Å². The number of hydrogen-bond acceptors (Lipinski definition) is 5. The highest BCUT2D eigenvalue weighted by Gasteiger charge is 2.40. The van der Waals surface area contributed by atoms with Crippen LogP contribution in [0.2, 0.25) is 0 Å². The number of halogens is 2. The Morgan fingerprint density at radius 3 is 2.71 bits per heavy atom. The molecular formula is C20H33Cl2N3O2S. The van der Waals surface area contributed by atoms with Crippen molar-refractivity contribution in [2.45, 2.75) is 50.5 Å². The van der Waals surface area contributed by atoms with Crippen LogP contribution in [0.25, 0.3) is 0 Å². The fourth-order valence-corrected chi connectivity index (χ4v) is 5.68. The van der Waals surface area contributed by atoms with Gasteiger partial charge in [-0.3, -0.25) is 4.79 Å². The number of carbonyl (C=O) groups excluding carboxylic acids is 1. The number of unbranched alkanes of at least 4 members (excludes halogenated alkanes) is 1. The maximum Gasteiger partial charge on any atom is 0.261 e. The number of rotatable bonds is 6. The molecular weight excluding hydrogens is 417 g/mol. The molecule has 1 aromatic heterocycles. The van der Waals surface area contributed by atoms with E-state index in [0.29, 0.717) is 0 Å². The summed E-state index contributed by atoms with van der Waals surface area (Å²) in [6, 6.07) is 2.12. The van der Waals surface area contributed by atoms with Gasteiger partial charge in [0.05, 0.1) is 17.1 Å². The summed E-state index contributed by atoms with van der Waals surface area (Å²) in [7, 11) is 0. The molecule has 3 aliphatic rings. The summed E-state index contributed by atoms with van der Waals surface area (Å²) in [5.41, 5.74) is 1.14. The second-order valence-corrected chi connectivity index (χ2v) is 8.94. The molecule has 0 saturated carbocycles. The highest BCUT2D eigenvalue weighted by molar-refractivity contribution is 7.14. The van der Waals surface area contributed by atoms with Crippen LogP contribution < -0.4 is 10.6 Å². The van der Waals surface area contributed by atoms with E-state index >= 15 is 0 Å². The van der Waals surface area contributed by atoms with Gasteiger partial charge in [0.2, 0.25) is 0 Å². The minimum Gasteiger partial charge on any atom is -0.370 e. The average molecular weight is 450 g/mol. The third-order valence-corrected chi connectivity index (χ3v) is 7.22. The number of carbonyl (C=O) groups is 1. The number of likely N-dealkylation sites (tertiary alicyclic amines) is 1. The van der Waals surface area contributed by atoms with Crippen LogP contribution in [-0.2, 0) is 16.8 Å². The second kappa shape index (κ2) is 11.1. The lowest BCUT2D eigenvalue weighted by molar-refractivity contribution is -0.0792. The number of piperidine rings is 1. The molecule has 2 N–H and O–H groups in total. The molecule has 4 heterocycles. The summed E-state index contributed by atoms with van der Waals surface area (Å²) < 4.78 is 6.22. The predicted molar refractivity (Wildman–Crippen MR) is 119 cm³/mol. The van der Waals surface area contributed by atoms with Crippen molar-refractivity contribution in [1.82, 2.24) is 15.5 Å². The van der Waals surface area contributed by atoms with Crippen molar-refractivity contribution in [3.05, 3.63) is 21.4 Å². The largest absolute Gasteiger partial charge is 0.370 e. The van der Waals surface area contributed by atoms with E-state index in [1.54, 1.807) is 11.3 Å². The maximum atomic E-state index is 12.6. The highest BCUT2D eigenvalue weighted by atomic mass is 35.5. The van der Waals surface area contributed by atoms with E-state index in [2.05, 4.69) is 21.6 Å². The van der Waals surface area contributed by atoms with Crippen LogP contribution in [0.15, 0.2) is 6.07 Å². The van der Waals surface area contributed by atoms with E-state index in [-0.39, 0.29) is 36.3 Å². The summed E-state index contributed by atoms with van der Waals surface area (Å²) in [5, 5.41) is 6.54. The Hall–Kier alpha value is -0.370. The zero-order valence-electron chi connectivity index (χ0n) is 16.5. The molecule has 5 nitrogen and oxygen atoms in total. The van der Waals surface area contributed by atoms with Crippen LogP contribution in [0.1, 0.15) is 58.6 Å². The SMILES string of the molecule is Cl.Cl.O=C(NCCCCN1CCCC1)c1cc2c(s1)CCOC21CCNCC1. The van der Waals surface area contributed by atoms with Gasteiger partial charge in [0.25, 0.3) is 5.91 Å². The molecule has 2 fully saturated rings. The lowest BCUT2D eigenvalue weighted by Gasteiger charge is -2.40. The van der Waals surface area contributed by atoms with Crippen molar-refractivity contribution in [1.29, 1.82) is 0 Å². The molecule has 1 spiro atoms. The maximum absolute atomic E-state index is 12.6. The highest BCUT2D eigenvalue weighted by Crippen LogP contribution is 2.43. The molecule has 28 heavy (non-hydrogen) atoms. The van der Waals surface area contributed by atoms with Gasteiger partial charge < -0.3 is 20.3 Å². The fourth-order valence-electron chi connectivity index (χ4n) is 4.53. The molecule has 8 heteroatoms. The number of thiophene rings is 1. The van der Waals surface area contributed by atoms with Gasteiger partial charge in [-0.1, -0.05) is 0 Å². The van der Waals surface area contributed by atoms with Crippen molar-refractivity contribution in [2.75, 3.05) is 45.9 Å². The summed E-state index contributed by atoms with van der Waals surface area (Å²) in [5.74, 6) is 0.0923. The van der Waals surface area contributed by atoms with Gasteiger partial charge in [-0.25, -0.2) is 0 Å². The normalized spacial score (nSPS) is 20.9. The molecule has 0 radical (unpaired) electrons. The quantitative estimate of drug-likeness (QED) is 0.653. The topological polar surface area (TPSA) is 53.6 Å². The summed E-state index contributed by atoms with van der Waals surface area (Å²) >= 11 is 1.67. The zero-order chi connectivity index (χ0) is 17.8. The van der Waals surface area contributed by atoms with Crippen LogP contribution in [0.5, 0.6) is 0 Å². The molecule has 160 valence electrons. The first kappa shape index (κ1) is 23.9. The standard InChI is InChI=1S/C20H31N3O2S.2ClH/c24-19(22-8-1-2-11-23-12-3-4-13-23)18-15-16-17(26-18)5-14-25-20(16)6-9-21-10-7-20;;/h15,21H,1-14H2,(H,22,24);2*1H. The van der Waals surface area contributed by atoms with Gasteiger partial charge in [-0.05, 0) is 82.9 Å². The molecule has 4 rings (SSSR count). The summed E-state index contributed by atoms with van der Waals surface area (Å²) in [6.45, 7) is 7.24. The molecule has 2 saturated heterocycles. The first-order valence-corrected chi connectivity index (χ1v) is 11.1. The van der Waals surface area contributed by atoms with Crippen molar-refractivity contribution < 1.29 is 9.53 Å². The first-order chi connectivity index (χ1) is 12.8. The Labute approximate surface area is 184 Å². The summed E-state index contributed by atoms with van der Waals surface area (Å²) in [6.07, 6.45) is 7.89. The molecule has 0 bridgehead atoms. The van der Waals surface area contributed by atoms with Crippen LogP contribution in [-0.4, -0.2) is 56.7 Å². The van der Waals surface area contributed by atoms with Crippen LogP contribution in [0.4, 0.5) is 0 Å². The fraction of sp³-hybridized carbons (Fsp3) is 0.750.